The number of urea groups is 1. The Hall–Kier alpha value is -3.92. The molecule has 0 saturated carbocycles. The van der Waals surface area contributed by atoms with Crippen molar-refractivity contribution in [1.82, 2.24) is 15.5 Å². The van der Waals surface area contributed by atoms with Gasteiger partial charge in [0.25, 0.3) is 0 Å². The molecule has 2 N–H and O–H groups in total. The van der Waals surface area contributed by atoms with E-state index in [0.717, 1.165) is 37.6 Å². The summed E-state index contributed by atoms with van der Waals surface area (Å²) in [6, 6.07) is 12.2. The van der Waals surface area contributed by atoms with Crippen LogP contribution in [0.3, 0.4) is 0 Å². The third kappa shape index (κ3) is 5.75. The number of anilines is 1. The van der Waals surface area contributed by atoms with E-state index >= 15 is 0 Å². The average Bonchev–Trinajstić information content (AvgIpc) is 2.92. The van der Waals surface area contributed by atoms with Crippen LogP contribution in [0.5, 0.6) is 17.2 Å². The standard InChI is InChI=1S/C27H34N4O6/c1-5-37-26(32)23-21(17-30-13-15-31(16-14-30)18-9-11-19(34-2)12-10-18)28-27(33)29-24(23)20-7-6-8-22(35-3)25(20)36-4/h6-12,24H,5,13-17H2,1-4H3,(H2,28,29,33)/t24-/m0/s1. The Labute approximate surface area is 217 Å². The van der Waals surface area contributed by atoms with Crippen LogP contribution in [0.4, 0.5) is 10.5 Å². The van der Waals surface area contributed by atoms with Crippen molar-refractivity contribution in [2.45, 2.75) is 13.0 Å². The number of esters is 1. The molecule has 37 heavy (non-hydrogen) atoms. The van der Waals surface area contributed by atoms with Gasteiger partial charge in [0, 0.05) is 49.7 Å². The van der Waals surface area contributed by atoms with Gasteiger partial charge in [-0.25, -0.2) is 9.59 Å². The average molecular weight is 511 g/mol. The van der Waals surface area contributed by atoms with Crippen LogP contribution < -0.4 is 29.7 Å². The van der Waals surface area contributed by atoms with Crippen LogP contribution in [0.25, 0.3) is 0 Å². The topological polar surface area (TPSA) is 102 Å². The minimum atomic E-state index is -0.756. The maximum atomic E-state index is 13.2. The third-order valence-electron chi connectivity index (χ3n) is 6.58. The van der Waals surface area contributed by atoms with Crippen molar-refractivity contribution in [3.05, 3.63) is 59.3 Å². The summed E-state index contributed by atoms with van der Waals surface area (Å²) in [5.41, 5.74) is 2.62. The van der Waals surface area contributed by atoms with Crippen molar-refractivity contribution in [3.63, 3.8) is 0 Å². The van der Waals surface area contributed by atoms with Gasteiger partial charge in [-0.1, -0.05) is 12.1 Å². The SMILES string of the molecule is CCOC(=O)C1=C(CN2CCN(c3ccc(OC)cc3)CC2)NC(=O)N[C@H]1c1cccc(OC)c1OC. The number of carbonyl (C=O) groups is 2. The predicted octanol–water partition coefficient (Wildman–Crippen LogP) is 2.71. The van der Waals surface area contributed by atoms with Gasteiger partial charge in [-0.2, -0.15) is 0 Å². The Morgan fingerprint density at radius 3 is 2.32 bits per heavy atom. The summed E-state index contributed by atoms with van der Waals surface area (Å²) >= 11 is 0. The molecule has 1 fully saturated rings. The molecule has 1 atom stereocenters. The number of hydrogen-bond acceptors (Lipinski definition) is 8. The van der Waals surface area contributed by atoms with Gasteiger partial charge in [-0.15, -0.1) is 0 Å². The second-order valence-corrected chi connectivity index (χ2v) is 8.69. The first-order valence-corrected chi connectivity index (χ1v) is 12.3. The van der Waals surface area contributed by atoms with E-state index in [1.165, 1.54) is 7.11 Å². The van der Waals surface area contributed by atoms with Crippen LogP contribution in [0, 0.1) is 0 Å². The van der Waals surface area contributed by atoms with Crippen LogP contribution in [0.1, 0.15) is 18.5 Å². The molecular formula is C27H34N4O6. The molecule has 4 rings (SSSR count). The van der Waals surface area contributed by atoms with Crippen LogP contribution in [0.2, 0.25) is 0 Å². The molecule has 2 aliphatic heterocycles. The van der Waals surface area contributed by atoms with Gasteiger partial charge in [-0.3, -0.25) is 4.90 Å². The fourth-order valence-electron chi connectivity index (χ4n) is 4.75. The summed E-state index contributed by atoms with van der Waals surface area (Å²) in [4.78, 5) is 30.5. The minimum absolute atomic E-state index is 0.214. The lowest BCUT2D eigenvalue weighted by Gasteiger charge is -2.38. The van der Waals surface area contributed by atoms with Crippen molar-refractivity contribution < 1.29 is 28.5 Å². The van der Waals surface area contributed by atoms with Crippen LogP contribution >= 0.6 is 0 Å². The summed E-state index contributed by atoms with van der Waals surface area (Å²) in [5, 5.41) is 5.73. The van der Waals surface area contributed by atoms with E-state index in [-0.39, 0.29) is 6.61 Å². The lowest BCUT2D eigenvalue weighted by atomic mass is 9.93. The molecule has 0 spiro atoms. The number of benzene rings is 2. The largest absolute Gasteiger partial charge is 0.497 e. The molecule has 2 aromatic carbocycles. The van der Waals surface area contributed by atoms with E-state index in [4.69, 9.17) is 18.9 Å². The molecule has 2 aromatic rings. The zero-order valence-corrected chi connectivity index (χ0v) is 21.7. The summed E-state index contributed by atoms with van der Waals surface area (Å²) in [5.74, 6) is 1.29. The zero-order valence-electron chi connectivity index (χ0n) is 21.7. The summed E-state index contributed by atoms with van der Waals surface area (Å²) < 4.78 is 21.7. The van der Waals surface area contributed by atoms with Gasteiger partial charge in [0.15, 0.2) is 11.5 Å². The zero-order chi connectivity index (χ0) is 26.4. The maximum absolute atomic E-state index is 13.2. The monoisotopic (exact) mass is 510 g/mol. The number of para-hydroxylation sites is 1. The van der Waals surface area contributed by atoms with Crippen molar-refractivity contribution in [1.29, 1.82) is 0 Å². The molecule has 1 saturated heterocycles. The van der Waals surface area contributed by atoms with E-state index in [1.807, 2.05) is 18.2 Å². The fraction of sp³-hybridized carbons (Fsp3) is 0.407. The van der Waals surface area contributed by atoms with Gasteiger partial charge >= 0.3 is 12.0 Å². The molecule has 0 radical (unpaired) electrons. The summed E-state index contributed by atoms with van der Waals surface area (Å²) in [7, 11) is 4.73. The van der Waals surface area contributed by atoms with Crippen LogP contribution in [-0.4, -0.2) is 77.6 Å². The van der Waals surface area contributed by atoms with E-state index in [1.54, 1.807) is 33.3 Å². The van der Waals surface area contributed by atoms with E-state index in [2.05, 4.69) is 32.6 Å². The number of methoxy groups -OCH3 is 3. The first-order chi connectivity index (χ1) is 18.0. The lowest BCUT2D eigenvalue weighted by Crippen LogP contribution is -2.51. The number of ether oxygens (including phenoxy) is 4. The Balaban J connectivity index is 1.59. The van der Waals surface area contributed by atoms with Crippen LogP contribution in [0.15, 0.2) is 53.7 Å². The Kier molecular flexibility index (Phi) is 8.39. The van der Waals surface area contributed by atoms with Crippen LogP contribution in [-0.2, 0) is 9.53 Å². The highest BCUT2D eigenvalue weighted by Gasteiger charge is 2.36. The Bertz CT molecular complexity index is 1140. The molecule has 198 valence electrons. The molecule has 0 aromatic heterocycles. The molecule has 10 heteroatoms. The second kappa shape index (κ2) is 11.9. The molecular weight excluding hydrogens is 476 g/mol. The normalized spacial score (nSPS) is 18.1. The Morgan fingerprint density at radius 2 is 1.70 bits per heavy atom. The first kappa shape index (κ1) is 26.2. The lowest BCUT2D eigenvalue weighted by molar-refractivity contribution is -0.139. The minimum Gasteiger partial charge on any atom is -0.497 e. The molecule has 2 amide bonds. The fourth-order valence-corrected chi connectivity index (χ4v) is 4.75. The van der Waals surface area contributed by atoms with Crippen molar-refractivity contribution in [2.75, 3.05) is 65.6 Å². The van der Waals surface area contributed by atoms with Gasteiger partial charge < -0.3 is 34.5 Å². The number of piperazine rings is 1. The van der Waals surface area contributed by atoms with E-state index in [0.29, 0.717) is 34.9 Å². The number of carbonyl (C=O) groups excluding carboxylic acids is 2. The third-order valence-corrected chi connectivity index (χ3v) is 6.58. The maximum Gasteiger partial charge on any atom is 0.338 e. The predicted molar refractivity (Wildman–Crippen MR) is 139 cm³/mol. The highest BCUT2D eigenvalue weighted by atomic mass is 16.5. The van der Waals surface area contributed by atoms with Crippen molar-refractivity contribution >= 4 is 17.7 Å². The highest BCUT2D eigenvalue weighted by molar-refractivity contribution is 5.95. The smallest absolute Gasteiger partial charge is 0.338 e. The number of nitrogens with zero attached hydrogens (tertiary/aromatic N) is 2. The summed E-state index contributed by atoms with van der Waals surface area (Å²) in [6.07, 6.45) is 0. The molecule has 0 aliphatic carbocycles. The summed E-state index contributed by atoms with van der Waals surface area (Å²) in [6.45, 7) is 5.53. The molecule has 2 heterocycles. The van der Waals surface area contributed by atoms with Gasteiger partial charge in [0.2, 0.25) is 0 Å². The number of amides is 2. The van der Waals surface area contributed by atoms with Gasteiger partial charge in [0.05, 0.1) is 39.6 Å². The second-order valence-electron chi connectivity index (χ2n) is 8.69. The molecule has 0 bridgehead atoms. The number of nitrogens with one attached hydrogen (secondary N) is 2. The quantitative estimate of drug-likeness (QED) is 0.497. The molecule has 10 nitrogen and oxygen atoms in total. The molecule has 2 aliphatic rings. The van der Waals surface area contributed by atoms with Crippen molar-refractivity contribution in [3.8, 4) is 17.2 Å². The van der Waals surface area contributed by atoms with Gasteiger partial charge in [-0.05, 0) is 37.3 Å². The molecule has 0 unspecified atom stereocenters. The van der Waals surface area contributed by atoms with Gasteiger partial charge in [0.1, 0.15) is 5.75 Å². The van der Waals surface area contributed by atoms with Crippen molar-refractivity contribution in [2.24, 2.45) is 0 Å². The van der Waals surface area contributed by atoms with E-state index in [9.17, 15) is 9.59 Å². The first-order valence-electron chi connectivity index (χ1n) is 12.3. The number of hydrogen-bond donors (Lipinski definition) is 2. The Morgan fingerprint density at radius 1 is 0.973 bits per heavy atom. The van der Waals surface area contributed by atoms with E-state index < -0.39 is 18.0 Å². The highest BCUT2D eigenvalue weighted by Crippen LogP contribution is 2.39. The number of rotatable bonds is 9.